The number of hydrogen-bond donors (Lipinski definition) is 1. The van der Waals surface area contributed by atoms with Gasteiger partial charge in [0, 0.05) is 16.9 Å². The maximum atomic E-state index is 11.1. The number of hydrogen-bond acceptors (Lipinski definition) is 1. The van der Waals surface area contributed by atoms with Gasteiger partial charge in [-0.05, 0) is 30.7 Å². The zero-order valence-corrected chi connectivity index (χ0v) is 11.2. The maximum Gasteiger partial charge on any atom is 0.337 e. The van der Waals surface area contributed by atoms with E-state index >= 15 is 0 Å². The Morgan fingerprint density at radius 2 is 2.06 bits per heavy atom. The van der Waals surface area contributed by atoms with Gasteiger partial charge < -0.3 is 9.67 Å². The van der Waals surface area contributed by atoms with Crippen LogP contribution in [0.2, 0.25) is 10.0 Å². The molecule has 3 nitrogen and oxygen atoms in total. The Balaban J connectivity index is 2.60. The molecule has 1 aromatic heterocycles. The summed E-state index contributed by atoms with van der Waals surface area (Å²) in [6.45, 7) is 1.90. The molecule has 0 amide bonds. The average molecular weight is 284 g/mol. The lowest BCUT2D eigenvalue weighted by molar-refractivity contribution is 0.0696. The first-order valence-corrected chi connectivity index (χ1v) is 6.19. The number of rotatable bonds is 3. The molecule has 0 radical (unpaired) electrons. The van der Waals surface area contributed by atoms with Crippen molar-refractivity contribution >= 4 is 29.2 Å². The van der Waals surface area contributed by atoms with Gasteiger partial charge >= 0.3 is 5.97 Å². The van der Waals surface area contributed by atoms with E-state index < -0.39 is 5.97 Å². The molecular weight excluding hydrogens is 273 g/mol. The monoisotopic (exact) mass is 283 g/mol. The van der Waals surface area contributed by atoms with E-state index in [1.54, 1.807) is 35.0 Å². The number of halogens is 2. The van der Waals surface area contributed by atoms with Gasteiger partial charge in [-0.1, -0.05) is 30.1 Å². The van der Waals surface area contributed by atoms with Crippen LogP contribution < -0.4 is 0 Å². The summed E-state index contributed by atoms with van der Waals surface area (Å²) < 4.78 is 1.78. The van der Waals surface area contributed by atoms with Crippen LogP contribution in [-0.4, -0.2) is 15.6 Å². The van der Waals surface area contributed by atoms with Crippen LogP contribution in [0.1, 0.15) is 23.0 Å². The first-order chi connectivity index (χ1) is 8.54. The highest BCUT2D eigenvalue weighted by Gasteiger charge is 2.15. The van der Waals surface area contributed by atoms with Crippen LogP contribution >= 0.6 is 23.2 Å². The standard InChI is InChI=1S/C13H11Cl2NO2/c1-2-11-9(13(17)18)5-6-16(11)12-4-3-8(14)7-10(12)15/h3-7H,2H2,1H3,(H,17,18). The van der Waals surface area contributed by atoms with Gasteiger partial charge in [-0.25, -0.2) is 4.79 Å². The Morgan fingerprint density at radius 3 is 2.61 bits per heavy atom. The topological polar surface area (TPSA) is 42.2 Å². The summed E-state index contributed by atoms with van der Waals surface area (Å²) in [5.74, 6) is -0.935. The average Bonchev–Trinajstić information content (AvgIpc) is 2.72. The zero-order chi connectivity index (χ0) is 13.3. The third-order valence-corrected chi connectivity index (χ3v) is 3.26. The Kier molecular flexibility index (Phi) is 3.64. The SMILES string of the molecule is CCc1c(C(=O)O)ccn1-c1ccc(Cl)cc1Cl. The maximum absolute atomic E-state index is 11.1. The fraction of sp³-hybridized carbons (Fsp3) is 0.154. The molecule has 0 saturated carbocycles. The predicted octanol–water partition coefficient (Wildman–Crippen LogP) is 4.04. The van der Waals surface area contributed by atoms with Crippen LogP contribution in [0.15, 0.2) is 30.5 Å². The van der Waals surface area contributed by atoms with E-state index in [4.69, 9.17) is 28.3 Å². The third-order valence-electron chi connectivity index (χ3n) is 2.73. The molecule has 0 fully saturated rings. The normalized spacial score (nSPS) is 10.6. The second-order valence-electron chi connectivity index (χ2n) is 3.80. The molecule has 1 heterocycles. The first-order valence-electron chi connectivity index (χ1n) is 5.43. The molecule has 0 spiro atoms. The lowest BCUT2D eigenvalue weighted by Crippen LogP contribution is -2.04. The van der Waals surface area contributed by atoms with E-state index in [0.717, 1.165) is 5.69 Å². The summed E-state index contributed by atoms with van der Waals surface area (Å²) in [6, 6.07) is 6.71. The Morgan fingerprint density at radius 1 is 1.33 bits per heavy atom. The minimum absolute atomic E-state index is 0.295. The molecule has 94 valence electrons. The van der Waals surface area contributed by atoms with Crippen molar-refractivity contribution in [2.24, 2.45) is 0 Å². The molecule has 0 aliphatic carbocycles. The highest BCUT2D eigenvalue weighted by Crippen LogP contribution is 2.27. The van der Waals surface area contributed by atoms with Crippen molar-refractivity contribution in [3.05, 3.63) is 51.8 Å². The van der Waals surface area contributed by atoms with Gasteiger partial charge in [0.2, 0.25) is 0 Å². The van der Waals surface area contributed by atoms with Crippen molar-refractivity contribution in [3.63, 3.8) is 0 Å². The number of aromatic nitrogens is 1. The summed E-state index contributed by atoms with van der Waals surface area (Å²) in [4.78, 5) is 11.1. The van der Waals surface area contributed by atoms with E-state index in [2.05, 4.69) is 0 Å². The van der Waals surface area contributed by atoms with Gasteiger partial charge in [0.25, 0.3) is 0 Å². The molecule has 0 aliphatic heterocycles. The smallest absolute Gasteiger partial charge is 0.337 e. The number of benzene rings is 1. The third kappa shape index (κ3) is 2.24. The molecule has 18 heavy (non-hydrogen) atoms. The Hall–Kier alpha value is -1.45. The van der Waals surface area contributed by atoms with Crippen LogP contribution in [0, 0.1) is 0 Å². The van der Waals surface area contributed by atoms with Crippen LogP contribution in [0.5, 0.6) is 0 Å². The van der Waals surface area contributed by atoms with Gasteiger partial charge in [0.05, 0.1) is 16.3 Å². The molecule has 1 N–H and O–H groups in total. The highest BCUT2D eigenvalue weighted by atomic mass is 35.5. The summed E-state index contributed by atoms with van der Waals surface area (Å²) in [7, 11) is 0. The fourth-order valence-electron chi connectivity index (χ4n) is 1.92. The van der Waals surface area contributed by atoms with Gasteiger partial charge in [0.1, 0.15) is 0 Å². The van der Waals surface area contributed by atoms with Crippen molar-refractivity contribution in [2.45, 2.75) is 13.3 Å². The van der Waals surface area contributed by atoms with Crippen LogP contribution in [0.3, 0.4) is 0 Å². The van der Waals surface area contributed by atoms with E-state index in [1.165, 1.54) is 0 Å². The summed E-state index contributed by atoms with van der Waals surface area (Å²) >= 11 is 12.0. The summed E-state index contributed by atoms with van der Waals surface area (Å²) in [5.41, 5.74) is 1.74. The van der Waals surface area contributed by atoms with E-state index in [0.29, 0.717) is 27.7 Å². The van der Waals surface area contributed by atoms with Gasteiger partial charge in [-0.2, -0.15) is 0 Å². The molecule has 0 atom stereocenters. The minimum atomic E-state index is -0.935. The molecule has 1 aromatic carbocycles. The lowest BCUT2D eigenvalue weighted by Gasteiger charge is -2.10. The molecular formula is C13H11Cl2NO2. The largest absolute Gasteiger partial charge is 0.478 e. The number of aromatic carboxylic acids is 1. The summed E-state index contributed by atoms with van der Waals surface area (Å²) in [5, 5.41) is 10.1. The molecule has 0 aliphatic rings. The van der Waals surface area contributed by atoms with Crippen molar-refractivity contribution in [1.29, 1.82) is 0 Å². The second kappa shape index (κ2) is 5.04. The van der Waals surface area contributed by atoms with Crippen LogP contribution in [-0.2, 0) is 6.42 Å². The molecule has 0 saturated heterocycles. The van der Waals surface area contributed by atoms with Crippen LogP contribution in [0.25, 0.3) is 5.69 Å². The molecule has 2 aromatic rings. The second-order valence-corrected chi connectivity index (χ2v) is 4.64. The fourth-order valence-corrected chi connectivity index (χ4v) is 2.42. The van der Waals surface area contributed by atoms with Crippen molar-refractivity contribution in [3.8, 4) is 5.69 Å². The highest BCUT2D eigenvalue weighted by molar-refractivity contribution is 6.35. The quantitative estimate of drug-likeness (QED) is 0.924. The predicted molar refractivity (Wildman–Crippen MR) is 72.1 cm³/mol. The number of nitrogens with zero attached hydrogens (tertiary/aromatic N) is 1. The Bertz CT molecular complexity index is 605. The number of carbonyl (C=O) groups is 1. The first kappa shape index (κ1) is 13.0. The van der Waals surface area contributed by atoms with E-state index in [9.17, 15) is 4.79 Å². The van der Waals surface area contributed by atoms with Gasteiger partial charge in [0.15, 0.2) is 0 Å². The summed E-state index contributed by atoms with van der Waals surface area (Å²) in [6.07, 6.45) is 2.31. The van der Waals surface area contributed by atoms with Crippen molar-refractivity contribution in [1.82, 2.24) is 4.57 Å². The van der Waals surface area contributed by atoms with Gasteiger partial charge in [-0.3, -0.25) is 0 Å². The molecule has 0 bridgehead atoms. The van der Waals surface area contributed by atoms with E-state index in [-0.39, 0.29) is 0 Å². The van der Waals surface area contributed by atoms with E-state index in [1.807, 2.05) is 6.92 Å². The number of carboxylic acids is 1. The number of carboxylic acid groups (broad SMARTS) is 1. The van der Waals surface area contributed by atoms with Crippen LogP contribution in [0.4, 0.5) is 0 Å². The molecule has 0 unspecified atom stereocenters. The van der Waals surface area contributed by atoms with Gasteiger partial charge in [-0.15, -0.1) is 0 Å². The molecule has 2 rings (SSSR count). The zero-order valence-electron chi connectivity index (χ0n) is 9.65. The van der Waals surface area contributed by atoms with Crippen molar-refractivity contribution in [2.75, 3.05) is 0 Å². The molecule has 5 heteroatoms. The van der Waals surface area contributed by atoms with Crippen molar-refractivity contribution < 1.29 is 9.90 Å². The minimum Gasteiger partial charge on any atom is -0.478 e. The Labute approximate surface area is 115 Å². The lowest BCUT2D eigenvalue weighted by atomic mass is 10.2.